The Labute approximate surface area is 127 Å². The first kappa shape index (κ1) is 14.1. The van der Waals surface area contributed by atoms with Crippen LogP contribution in [0.2, 0.25) is 0 Å². The number of aromatic nitrogens is 1. The Morgan fingerprint density at radius 2 is 1.95 bits per heavy atom. The molecule has 0 atom stereocenters. The zero-order valence-electron chi connectivity index (χ0n) is 12.3. The third-order valence-electron chi connectivity index (χ3n) is 3.44. The fourth-order valence-electron chi connectivity index (χ4n) is 2.43. The van der Waals surface area contributed by atoms with Crippen LogP contribution in [0.3, 0.4) is 0 Å². The molecule has 1 N–H and O–H groups in total. The second-order valence-corrected chi connectivity index (χ2v) is 5.15. The predicted molar refractivity (Wildman–Crippen MR) is 82.5 cm³/mol. The molecule has 5 heteroatoms. The number of ketones is 1. The molecule has 1 aliphatic rings. The van der Waals surface area contributed by atoms with Crippen molar-refractivity contribution in [3.05, 3.63) is 63.1 Å². The predicted octanol–water partition coefficient (Wildman–Crippen LogP) is 2.62. The fraction of sp³-hybridized carbons (Fsp3) is 0.176. The Morgan fingerprint density at radius 3 is 2.73 bits per heavy atom. The lowest BCUT2D eigenvalue weighted by Gasteiger charge is -2.02. The Morgan fingerprint density at radius 1 is 1.18 bits per heavy atom. The molecule has 5 nitrogen and oxygen atoms in total. The van der Waals surface area contributed by atoms with Crippen molar-refractivity contribution < 1.29 is 14.3 Å². The second-order valence-electron chi connectivity index (χ2n) is 5.15. The van der Waals surface area contributed by atoms with Gasteiger partial charge in [0.25, 0.3) is 5.56 Å². The highest BCUT2D eigenvalue weighted by Crippen LogP contribution is 2.32. The summed E-state index contributed by atoms with van der Waals surface area (Å²) in [6.07, 6.45) is 3.05. The van der Waals surface area contributed by atoms with Gasteiger partial charge in [0.05, 0.1) is 5.56 Å². The zero-order chi connectivity index (χ0) is 15.7. The lowest BCUT2D eigenvalue weighted by atomic mass is 10.0. The third-order valence-corrected chi connectivity index (χ3v) is 3.44. The van der Waals surface area contributed by atoms with Gasteiger partial charge in [0, 0.05) is 5.69 Å². The molecule has 1 aliphatic heterocycles. The summed E-state index contributed by atoms with van der Waals surface area (Å²) in [5, 5.41) is 0. The van der Waals surface area contributed by atoms with Gasteiger partial charge in [-0.05, 0) is 49.2 Å². The Kier molecular flexibility index (Phi) is 3.55. The van der Waals surface area contributed by atoms with Gasteiger partial charge in [-0.3, -0.25) is 9.59 Å². The van der Waals surface area contributed by atoms with Crippen molar-refractivity contribution in [1.29, 1.82) is 0 Å². The number of carbonyl (C=O) groups is 1. The molecule has 0 radical (unpaired) electrons. The number of allylic oxidation sites excluding steroid dienone is 1. The molecule has 3 rings (SSSR count). The van der Waals surface area contributed by atoms with E-state index in [1.54, 1.807) is 38.1 Å². The number of ether oxygens (including phenoxy) is 2. The molecule has 0 saturated heterocycles. The van der Waals surface area contributed by atoms with Crippen LogP contribution in [-0.2, 0) is 0 Å². The van der Waals surface area contributed by atoms with Crippen LogP contribution in [0.5, 0.6) is 11.5 Å². The summed E-state index contributed by atoms with van der Waals surface area (Å²) in [5.74, 6) is 1.02. The van der Waals surface area contributed by atoms with Crippen LogP contribution in [0, 0.1) is 13.8 Å². The summed E-state index contributed by atoms with van der Waals surface area (Å²) in [4.78, 5) is 26.8. The van der Waals surface area contributed by atoms with Crippen molar-refractivity contribution >= 4 is 11.9 Å². The van der Waals surface area contributed by atoms with Crippen molar-refractivity contribution in [2.75, 3.05) is 6.79 Å². The minimum Gasteiger partial charge on any atom is -0.454 e. The molecule has 1 aromatic heterocycles. The third kappa shape index (κ3) is 2.65. The number of hydrogen-bond donors (Lipinski definition) is 1. The highest BCUT2D eigenvalue weighted by atomic mass is 16.7. The van der Waals surface area contributed by atoms with Gasteiger partial charge in [-0.1, -0.05) is 12.1 Å². The van der Waals surface area contributed by atoms with Crippen molar-refractivity contribution in [3.63, 3.8) is 0 Å². The first-order valence-corrected chi connectivity index (χ1v) is 6.87. The molecule has 22 heavy (non-hydrogen) atoms. The average molecular weight is 297 g/mol. The van der Waals surface area contributed by atoms with Crippen molar-refractivity contribution in [1.82, 2.24) is 4.98 Å². The second kappa shape index (κ2) is 5.52. The number of rotatable bonds is 3. The summed E-state index contributed by atoms with van der Waals surface area (Å²) < 4.78 is 10.5. The van der Waals surface area contributed by atoms with Crippen LogP contribution in [0.4, 0.5) is 0 Å². The Balaban J connectivity index is 1.87. The largest absolute Gasteiger partial charge is 0.454 e. The average Bonchev–Trinajstić information content (AvgIpc) is 2.91. The summed E-state index contributed by atoms with van der Waals surface area (Å²) in [7, 11) is 0. The molecule has 0 fully saturated rings. The molecule has 0 aliphatic carbocycles. The maximum Gasteiger partial charge on any atom is 0.259 e. The van der Waals surface area contributed by atoms with E-state index in [0.29, 0.717) is 17.1 Å². The molecular weight excluding hydrogens is 282 g/mol. The molecular formula is C17H15NO4. The van der Waals surface area contributed by atoms with Gasteiger partial charge in [0.1, 0.15) is 0 Å². The minimum atomic E-state index is -0.363. The number of aromatic amines is 1. The summed E-state index contributed by atoms with van der Waals surface area (Å²) >= 11 is 0. The van der Waals surface area contributed by atoms with E-state index in [2.05, 4.69) is 4.98 Å². The number of pyridine rings is 1. The van der Waals surface area contributed by atoms with Gasteiger partial charge in [0.2, 0.25) is 6.79 Å². The normalized spacial score (nSPS) is 12.8. The Hall–Kier alpha value is -2.82. The summed E-state index contributed by atoms with van der Waals surface area (Å²) in [5.41, 5.74) is 2.01. The molecule has 1 aromatic carbocycles. The van der Waals surface area contributed by atoms with E-state index < -0.39 is 0 Å². The lowest BCUT2D eigenvalue weighted by molar-refractivity contribution is 0.104. The van der Waals surface area contributed by atoms with E-state index in [1.807, 2.05) is 6.07 Å². The molecule has 0 unspecified atom stereocenters. The van der Waals surface area contributed by atoms with Crippen molar-refractivity contribution in [2.24, 2.45) is 0 Å². The molecule has 0 saturated carbocycles. The lowest BCUT2D eigenvalue weighted by Crippen LogP contribution is -2.19. The van der Waals surface area contributed by atoms with Crippen molar-refractivity contribution in [2.45, 2.75) is 13.8 Å². The highest BCUT2D eigenvalue weighted by Gasteiger charge is 2.14. The molecule has 2 heterocycles. The van der Waals surface area contributed by atoms with Gasteiger partial charge < -0.3 is 14.5 Å². The van der Waals surface area contributed by atoms with Crippen molar-refractivity contribution in [3.8, 4) is 11.5 Å². The van der Waals surface area contributed by atoms with Crippen LogP contribution < -0.4 is 15.0 Å². The zero-order valence-corrected chi connectivity index (χ0v) is 12.3. The van der Waals surface area contributed by atoms with E-state index in [0.717, 1.165) is 11.3 Å². The van der Waals surface area contributed by atoms with E-state index >= 15 is 0 Å². The number of aryl methyl sites for hydroxylation is 2. The van der Waals surface area contributed by atoms with Crippen LogP contribution >= 0.6 is 0 Å². The molecule has 2 aromatic rings. The van der Waals surface area contributed by atoms with Gasteiger partial charge in [-0.15, -0.1) is 0 Å². The number of fused-ring (bicyclic) bond motifs is 1. The first-order chi connectivity index (χ1) is 10.5. The first-order valence-electron chi connectivity index (χ1n) is 6.87. The number of nitrogens with one attached hydrogen (secondary N) is 1. The minimum absolute atomic E-state index is 0.169. The van der Waals surface area contributed by atoms with E-state index in [1.165, 1.54) is 6.08 Å². The number of carbonyl (C=O) groups excluding carboxylic acids is 1. The molecule has 112 valence electrons. The van der Waals surface area contributed by atoms with Crippen LogP contribution in [0.15, 0.2) is 35.1 Å². The van der Waals surface area contributed by atoms with Gasteiger partial charge in [0.15, 0.2) is 17.3 Å². The van der Waals surface area contributed by atoms with Crippen LogP contribution in [0.1, 0.15) is 27.2 Å². The Bertz CT molecular complexity index is 833. The van der Waals surface area contributed by atoms with E-state index in [-0.39, 0.29) is 23.7 Å². The molecule has 0 bridgehead atoms. The molecule has 0 spiro atoms. The maximum atomic E-state index is 12.2. The summed E-state index contributed by atoms with van der Waals surface area (Å²) in [6, 6.07) is 7.18. The summed E-state index contributed by atoms with van der Waals surface area (Å²) in [6.45, 7) is 3.74. The fourth-order valence-corrected chi connectivity index (χ4v) is 2.43. The van der Waals surface area contributed by atoms with Gasteiger partial charge in [-0.2, -0.15) is 0 Å². The van der Waals surface area contributed by atoms with E-state index in [4.69, 9.17) is 9.47 Å². The quantitative estimate of drug-likeness (QED) is 0.698. The monoisotopic (exact) mass is 297 g/mol. The maximum absolute atomic E-state index is 12.2. The van der Waals surface area contributed by atoms with Gasteiger partial charge in [-0.25, -0.2) is 0 Å². The standard InChI is InChI=1S/C17H15NO4/c1-10-7-11(2)18-17(20)16(10)13(19)5-3-12-4-6-14-15(8-12)22-9-21-14/h3-8H,9H2,1-2H3,(H,18,20)/b5-3-. The number of H-pyrrole nitrogens is 1. The number of benzene rings is 1. The molecule has 0 amide bonds. The number of hydrogen-bond acceptors (Lipinski definition) is 4. The van der Waals surface area contributed by atoms with E-state index in [9.17, 15) is 9.59 Å². The highest BCUT2D eigenvalue weighted by molar-refractivity contribution is 6.07. The smallest absolute Gasteiger partial charge is 0.259 e. The van der Waals surface area contributed by atoms with Crippen LogP contribution in [-0.4, -0.2) is 17.6 Å². The van der Waals surface area contributed by atoms with Crippen LogP contribution in [0.25, 0.3) is 6.08 Å². The topological polar surface area (TPSA) is 68.4 Å². The SMILES string of the molecule is Cc1cc(C)c(C(=O)/C=C\c2ccc3c(c2)OCO3)c(=O)[nH]1. The van der Waals surface area contributed by atoms with Gasteiger partial charge >= 0.3 is 0 Å².